The van der Waals surface area contributed by atoms with Crippen LogP contribution in [0.1, 0.15) is 22.9 Å². The predicted molar refractivity (Wildman–Crippen MR) is 54.5 cm³/mol. The fourth-order valence-electron chi connectivity index (χ4n) is 1.12. The first-order valence-electron chi connectivity index (χ1n) is 4.10. The van der Waals surface area contributed by atoms with Gasteiger partial charge in [-0.05, 0) is 25.5 Å². The van der Waals surface area contributed by atoms with Crippen molar-refractivity contribution in [3.8, 4) is 0 Å². The molecule has 2 atom stereocenters. The largest absolute Gasteiger partial charge is 0.392 e. The molecule has 13 heavy (non-hydrogen) atoms. The van der Waals surface area contributed by atoms with Crippen molar-refractivity contribution in [3.05, 3.63) is 35.1 Å². The van der Waals surface area contributed by atoms with E-state index < -0.39 is 6.10 Å². The molecule has 1 N–H and O–H groups in total. The fraction of sp³-hybridized carbons (Fsp3) is 0.400. The van der Waals surface area contributed by atoms with Crippen molar-refractivity contribution in [2.45, 2.75) is 24.8 Å². The van der Waals surface area contributed by atoms with Crippen molar-refractivity contribution in [2.75, 3.05) is 0 Å². The quantitative estimate of drug-likeness (QED) is 0.796. The number of aryl methyl sites for hydroxylation is 1. The molecule has 0 saturated carbocycles. The normalized spacial score (nSPS) is 15.5. The Labute approximate surface area is 85.7 Å². The topological polar surface area (TPSA) is 20.2 Å². The molecule has 1 rings (SSSR count). The summed E-state index contributed by atoms with van der Waals surface area (Å²) < 4.78 is 13.3. The van der Waals surface area contributed by atoms with Gasteiger partial charge in [0.15, 0.2) is 0 Å². The molecule has 1 aromatic carbocycles. The van der Waals surface area contributed by atoms with E-state index in [-0.39, 0.29) is 10.6 Å². The Balaban J connectivity index is 3.01. The Hall–Kier alpha value is -0.410. The van der Waals surface area contributed by atoms with Crippen LogP contribution in [0.25, 0.3) is 0 Å². The van der Waals surface area contributed by atoms with E-state index in [1.165, 1.54) is 6.07 Å². The molecule has 0 aliphatic rings. The number of halogens is 2. The lowest BCUT2D eigenvalue weighted by Crippen LogP contribution is -2.09. The predicted octanol–water partition coefficient (Wildman–Crippen LogP) is 2.95. The van der Waals surface area contributed by atoms with E-state index in [4.69, 9.17) is 0 Å². The van der Waals surface area contributed by atoms with E-state index >= 15 is 0 Å². The zero-order chi connectivity index (χ0) is 10.0. The lowest BCUT2D eigenvalue weighted by molar-refractivity contribution is 0.192. The molecule has 72 valence electrons. The summed E-state index contributed by atoms with van der Waals surface area (Å²) in [7, 11) is 0. The molecule has 2 unspecified atom stereocenters. The maximum Gasteiger partial charge on any atom is 0.127 e. The fourth-order valence-corrected chi connectivity index (χ4v) is 1.49. The zero-order valence-electron chi connectivity index (χ0n) is 7.59. The zero-order valence-corrected chi connectivity index (χ0v) is 9.18. The Morgan fingerprint density at radius 2 is 2.08 bits per heavy atom. The number of aliphatic hydroxyl groups excluding tert-OH is 1. The molecule has 1 nitrogen and oxygen atoms in total. The lowest BCUT2D eigenvalue weighted by Gasteiger charge is -2.14. The average Bonchev–Trinajstić information content (AvgIpc) is 2.03. The standard InChI is InChI=1S/C10H12BrFO/c1-6-3-4-8(9(12)5-6)10(11)7(2)13/h3-5,7,10,13H,1-2H3. The first kappa shape index (κ1) is 10.7. The van der Waals surface area contributed by atoms with Crippen LogP contribution in [-0.2, 0) is 0 Å². The van der Waals surface area contributed by atoms with Crippen LogP contribution in [-0.4, -0.2) is 11.2 Å². The number of rotatable bonds is 2. The van der Waals surface area contributed by atoms with E-state index in [0.717, 1.165) is 5.56 Å². The molecule has 3 heteroatoms. The van der Waals surface area contributed by atoms with Crippen LogP contribution in [0.5, 0.6) is 0 Å². The van der Waals surface area contributed by atoms with E-state index in [0.29, 0.717) is 5.56 Å². The average molecular weight is 247 g/mol. The Kier molecular flexibility index (Phi) is 3.45. The maximum absolute atomic E-state index is 13.3. The summed E-state index contributed by atoms with van der Waals surface area (Å²) >= 11 is 3.24. The van der Waals surface area contributed by atoms with Crippen molar-refractivity contribution in [1.29, 1.82) is 0 Å². The monoisotopic (exact) mass is 246 g/mol. The third kappa shape index (κ3) is 2.51. The summed E-state index contributed by atoms with van der Waals surface area (Å²) in [4.78, 5) is -0.340. The van der Waals surface area contributed by atoms with Gasteiger partial charge in [-0.25, -0.2) is 4.39 Å². The highest BCUT2D eigenvalue weighted by atomic mass is 79.9. The van der Waals surface area contributed by atoms with E-state index in [2.05, 4.69) is 15.9 Å². The van der Waals surface area contributed by atoms with Gasteiger partial charge in [0, 0.05) is 5.56 Å². The molecular formula is C10H12BrFO. The van der Waals surface area contributed by atoms with E-state index in [1.807, 2.05) is 13.0 Å². The van der Waals surface area contributed by atoms with Crippen LogP contribution >= 0.6 is 15.9 Å². The van der Waals surface area contributed by atoms with Gasteiger partial charge >= 0.3 is 0 Å². The van der Waals surface area contributed by atoms with Crippen LogP contribution in [0.3, 0.4) is 0 Å². The summed E-state index contributed by atoms with van der Waals surface area (Å²) in [5.41, 5.74) is 1.38. The van der Waals surface area contributed by atoms with Crippen LogP contribution in [0.4, 0.5) is 4.39 Å². The molecule has 0 aromatic heterocycles. The summed E-state index contributed by atoms with van der Waals surface area (Å²) in [6.45, 7) is 3.46. The third-order valence-electron chi connectivity index (χ3n) is 1.88. The molecule has 0 amide bonds. The van der Waals surface area contributed by atoms with Crippen molar-refractivity contribution in [1.82, 2.24) is 0 Å². The maximum atomic E-state index is 13.3. The van der Waals surface area contributed by atoms with Crippen LogP contribution in [0.15, 0.2) is 18.2 Å². The van der Waals surface area contributed by atoms with Gasteiger partial charge in [0.25, 0.3) is 0 Å². The van der Waals surface area contributed by atoms with Gasteiger partial charge in [-0.3, -0.25) is 0 Å². The highest BCUT2D eigenvalue weighted by Crippen LogP contribution is 2.28. The summed E-state index contributed by atoms with van der Waals surface area (Å²) in [5.74, 6) is -0.275. The second-order valence-corrected chi connectivity index (χ2v) is 4.15. The van der Waals surface area contributed by atoms with E-state index in [9.17, 15) is 9.50 Å². The van der Waals surface area contributed by atoms with Crippen LogP contribution in [0, 0.1) is 12.7 Å². The minimum Gasteiger partial charge on any atom is -0.392 e. The number of hydrogen-bond acceptors (Lipinski definition) is 1. The summed E-state index contributed by atoms with van der Waals surface area (Å²) in [6.07, 6.45) is -0.600. The van der Waals surface area contributed by atoms with Gasteiger partial charge in [0.05, 0.1) is 10.9 Å². The molecular weight excluding hydrogens is 235 g/mol. The highest BCUT2D eigenvalue weighted by molar-refractivity contribution is 9.09. The Bertz CT molecular complexity index is 299. The van der Waals surface area contributed by atoms with Crippen LogP contribution < -0.4 is 0 Å². The lowest BCUT2D eigenvalue weighted by atomic mass is 10.1. The second kappa shape index (κ2) is 4.20. The van der Waals surface area contributed by atoms with Crippen molar-refractivity contribution in [2.24, 2.45) is 0 Å². The molecule has 0 aliphatic heterocycles. The molecule has 0 radical (unpaired) electrons. The molecule has 0 fully saturated rings. The first-order valence-corrected chi connectivity index (χ1v) is 5.02. The highest BCUT2D eigenvalue weighted by Gasteiger charge is 2.16. The Morgan fingerprint density at radius 3 is 2.54 bits per heavy atom. The number of alkyl halides is 1. The van der Waals surface area contributed by atoms with Gasteiger partial charge < -0.3 is 5.11 Å². The van der Waals surface area contributed by atoms with E-state index in [1.54, 1.807) is 13.0 Å². The van der Waals surface area contributed by atoms with Crippen molar-refractivity contribution >= 4 is 15.9 Å². The van der Waals surface area contributed by atoms with Gasteiger partial charge in [0.2, 0.25) is 0 Å². The summed E-state index contributed by atoms with van der Waals surface area (Å²) in [6, 6.07) is 4.98. The molecule has 0 bridgehead atoms. The van der Waals surface area contributed by atoms with Gasteiger partial charge in [-0.15, -0.1) is 0 Å². The SMILES string of the molecule is Cc1ccc(C(Br)C(C)O)c(F)c1. The third-order valence-corrected chi connectivity index (χ3v) is 3.13. The molecule has 0 aliphatic carbocycles. The Morgan fingerprint density at radius 1 is 1.46 bits per heavy atom. The first-order chi connectivity index (χ1) is 6.02. The summed E-state index contributed by atoms with van der Waals surface area (Å²) in [5, 5.41) is 9.25. The van der Waals surface area contributed by atoms with Gasteiger partial charge in [0.1, 0.15) is 5.82 Å². The number of hydrogen-bond donors (Lipinski definition) is 1. The van der Waals surface area contributed by atoms with Crippen molar-refractivity contribution in [3.63, 3.8) is 0 Å². The minimum absolute atomic E-state index is 0.275. The minimum atomic E-state index is -0.600. The van der Waals surface area contributed by atoms with Gasteiger partial charge in [-0.1, -0.05) is 28.1 Å². The van der Waals surface area contributed by atoms with Crippen molar-refractivity contribution < 1.29 is 9.50 Å². The van der Waals surface area contributed by atoms with Gasteiger partial charge in [-0.2, -0.15) is 0 Å². The number of aliphatic hydroxyl groups is 1. The van der Waals surface area contributed by atoms with Crippen LogP contribution in [0.2, 0.25) is 0 Å². The molecule has 1 aromatic rings. The number of benzene rings is 1. The molecule has 0 saturated heterocycles. The smallest absolute Gasteiger partial charge is 0.127 e. The molecule has 0 heterocycles. The molecule has 0 spiro atoms. The second-order valence-electron chi connectivity index (χ2n) is 3.17.